The quantitative estimate of drug-likeness (QED) is 0.419. The summed E-state index contributed by atoms with van der Waals surface area (Å²) in [5.74, 6) is -0.468. The minimum Gasteiger partial charge on any atom is -0.387 e. The SMILES string of the molecule is N=C(N)CNS(=O)(=O)C1CCS(=O)(=O)CC1. The van der Waals surface area contributed by atoms with Crippen LogP contribution in [0.5, 0.6) is 0 Å². The molecule has 1 saturated heterocycles. The summed E-state index contributed by atoms with van der Waals surface area (Å²) < 4.78 is 47.7. The van der Waals surface area contributed by atoms with E-state index in [1.165, 1.54) is 0 Å². The fourth-order valence-electron chi connectivity index (χ4n) is 1.47. The van der Waals surface area contributed by atoms with E-state index < -0.39 is 25.1 Å². The molecule has 0 aromatic heterocycles. The highest BCUT2D eigenvalue weighted by Gasteiger charge is 2.32. The fourth-order valence-corrected chi connectivity index (χ4v) is 4.71. The van der Waals surface area contributed by atoms with Crippen LogP contribution in [0.15, 0.2) is 0 Å². The van der Waals surface area contributed by atoms with Crippen LogP contribution in [0.25, 0.3) is 0 Å². The Hall–Kier alpha value is -0.670. The van der Waals surface area contributed by atoms with E-state index in [1.54, 1.807) is 0 Å². The molecule has 7 nitrogen and oxygen atoms in total. The molecule has 9 heteroatoms. The Bertz CT molecular complexity index is 454. The van der Waals surface area contributed by atoms with Gasteiger partial charge in [0.05, 0.1) is 23.3 Å². The molecule has 1 aliphatic heterocycles. The van der Waals surface area contributed by atoms with Crippen molar-refractivity contribution in [3.05, 3.63) is 0 Å². The third-order valence-electron chi connectivity index (χ3n) is 2.40. The maximum absolute atomic E-state index is 11.6. The second-order valence-corrected chi connectivity index (χ2v) is 8.09. The van der Waals surface area contributed by atoms with Gasteiger partial charge >= 0.3 is 0 Å². The molecular weight excluding hydrogens is 254 g/mol. The van der Waals surface area contributed by atoms with Gasteiger partial charge in [-0.25, -0.2) is 21.6 Å². The molecule has 0 radical (unpaired) electrons. The summed E-state index contributed by atoms with van der Waals surface area (Å²) in [7, 11) is -6.63. The second-order valence-electron chi connectivity index (χ2n) is 3.74. The van der Waals surface area contributed by atoms with Gasteiger partial charge in [-0.2, -0.15) is 0 Å². The Kier molecular flexibility index (Phi) is 3.92. The minimum atomic E-state index is -3.56. The molecule has 0 amide bonds. The summed E-state index contributed by atoms with van der Waals surface area (Å²) in [5, 5.41) is 6.21. The van der Waals surface area contributed by atoms with Crippen molar-refractivity contribution in [3.8, 4) is 0 Å². The number of hydrogen-bond donors (Lipinski definition) is 3. The lowest BCUT2D eigenvalue weighted by atomic mass is 10.2. The summed E-state index contributed by atoms with van der Waals surface area (Å²) in [5.41, 5.74) is 5.03. The highest BCUT2D eigenvalue weighted by molar-refractivity contribution is 7.92. The van der Waals surface area contributed by atoms with E-state index in [0.717, 1.165) is 0 Å². The van der Waals surface area contributed by atoms with E-state index in [1.807, 2.05) is 0 Å². The number of hydrogen-bond acceptors (Lipinski definition) is 5. The van der Waals surface area contributed by atoms with Crippen LogP contribution >= 0.6 is 0 Å². The van der Waals surface area contributed by atoms with Crippen LogP contribution < -0.4 is 10.5 Å². The predicted octanol–water partition coefficient (Wildman–Crippen LogP) is -1.58. The molecule has 0 atom stereocenters. The highest BCUT2D eigenvalue weighted by Crippen LogP contribution is 2.18. The van der Waals surface area contributed by atoms with Crippen molar-refractivity contribution in [2.45, 2.75) is 18.1 Å². The molecule has 0 unspecified atom stereocenters. The highest BCUT2D eigenvalue weighted by atomic mass is 32.2. The largest absolute Gasteiger partial charge is 0.387 e. The average Bonchev–Trinajstić information content (AvgIpc) is 2.14. The number of rotatable bonds is 4. The van der Waals surface area contributed by atoms with Crippen LogP contribution in [0.4, 0.5) is 0 Å². The number of nitrogens with two attached hydrogens (primary N) is 1. The van der Waals surface area contributed by atoms with Gasteiger partial charge in [-0.05, 0) is 12.8 Å². The first-order valence-corrected chi connectivity index (χ1v) is 8.11. The Morgan fingerprint density at radius 2 is 1.88 bits per heavy atom. The summed E-state index contributed by atoms with van der Waals surface area (Å²) in [6.45, 7) is -0.231. The molecule has 0 aromatic carbocycles. The molecule has 0 aromatic rings. The average molecular weight is 269 g/mol. The van der Waals surface area contributed by atoms with E-state index in [9.17, 15) is 16.8 Å². The van der Waals surface area contributed by atoms with Crippen molar-refractivity contribution in [1.29, 1.82) is 5.41 Å². The van der Waals surface area contributed by atoms with Gasteiger partial charge in [0.15, 0.2) is 0 Å². The molecule has 0 bridgehead atoms. The number of amidine groups is 1. The minimum absolute atomic E-state index is 0.0986. The van der Waals surface area contributed by atoms with Gasteiger partial charge in [0, 0.05) is 0 Å². The number of sulfonamides is 1. The van der Waals surface area contributed by atoms with Crippen molar-refractivity contribution < 1.29 is 16.8 Å². The molecule has 16 heavy (non-hydrogen) atoms. The van der Waals surface area contributed by atoms with E-state index in [4.69, 9.17) is 11.1 Å². The zero-order valence-corrected chi connectivity index (χ0v) is 10.3. The van der Waals surface area contributed by atoms with Gasteiger partial charge in [-0.15, -0.1) is 0 Å². The third-order valence-corrected chi connectivity index (χ3v) is 6.02. The van der Waals surface area contributed by atoms with Gasteiger partial charge < -0.3 is 5.73 Å². The van der Waals surface area contributed by atoms with Crippen LogP contribution in [0.1, 0.15) is 12.8 Å². The summed E-state index contributed by atoms with van der Waals surface area (Å²) in [4.78, 5) is 0. The lowest BCUT2D eigenvalue weighted by Gasteiger charge is -2.22. The van der Waals surface area contributed by atoms with E-state index in [2.05, 4.69) is 4.72 Å². The summed E-state index contributed by atoms with van der Waals surface area (Å²) in [6.07, 6.45) is 0.213. The smallest absolute Gasteiger partial charge is 0.214 e. The van der Waals surface area contributed by atoms with Gasteiger partial charge in [0.1, 0.15) is 15.7 Å². The van der Waals surface area contributed by atoms with Gasteiger partial charge in [0.25, 0.3) is 0 Å². The molecule has 1 heterocycles. The first-order chi connectivity index (χ1) is 7.23. The van der Waals surface area contributed by atoms with Crippen LogP contribution in [-0.4, -0.2) is 46.0 Å². The molecule has 94 valence electrons. The first kappa shape index (κ1) is 13.4. The number of nitrogens with one attached hydrogen (secondary N) is 2. The van der Waals surface area contributed by atoms with Crippen LogP contribution in [0, 0.1) is 5.41 Å². The normalized spacial score (nSPS) is 21.8. The van der Waals surface area contributed by atoms with Crippen molar-refractivity contribution in [2.75, 3.05) is 18.1 Å². The van der Waals surface area contributed by atoms with E-state index in [0.29, 0.717) is 0 Å². The zero-order valence-electron chi connectivity index (χ0n) is 8.64. The molecule has 4 N–H and O–H groups in total. The van der Waals surface area contributed by atoms with Crippen molar-refractivity contribution in [3.63, 3.8) is 0 Å². The second kappa shape index (κ2) is 4.68. The molecule has 1 rings (SSSR count). The summed E-state index contributed by atoms with van der Waals surface area (Å²) >= 11 is 0. The van der Waals surface area contributed by atoms with Gasteiger partial charge in [0.2, 0.25) is 10.0 Å². The zero-order chi connectivity index (χ0) is 12.4. The molecular formula is C7H15N3O4S2. The lowest BCUT2D eigenvalue weighted by Crippen LogP contribution is -2.42. The van der Waals surface area contributed by atoms with Gasteiger partial charge in [-0.1, -0.05) is 0 Å². The van der Waals surface area contributed by atoms with Gasteiger partial charge in [-0.3, -0.25) is 5.41 Å². The van der Waals surface area contributed by atoms with E-state index in [-0.39, 0.29) is 36.7 Å². The van der Waals surface area contributed by atoms with Crippen molar-refractivity contribution in [1.82, 2.24) is 4.72 Å². The monoisotopic (exact) mass is 269 g/mol. The first-order valence-electron chi connectivity index (χ1n) is 4.75. The Labute approximate surface area is 94.9 Å². The lowest BCUT2D eigenvalue weighted by molar-refractivity contribution is 0.545. The maximum atomic E-state index is 11.6. The van der Waals surface area contributed by atoms with Crippen molar-refractivity contribution >= 4 is 25.7 Å². The Morgan fingerprint density at radius 1 is 1.38 bits per heavy atom. The molecule has 0 spiro atoms. The van der Waals surface area contributed by atoms with Crippen LogP contribution in [0.2, 0.25) is 0 Å². The molecule has 1 fully saturated rings. The maximum Gasteiger partial charge on any atom is 0.214 e. The van der Waals surface area contributed by atoms with E-state index >= 15 is 0 Å². The summed E-state index contributed by atoms with van der Waals surface area (Å²) in [6, 6.07) is 0. The Balaban J connectivity index is 2.62. The number of sulfone groups is 1. The standard InChI is InChI=1S/C7H15N3O4S2/c8-7(9)5-10-16(13,14)6-1-3-15(11,12)4-2-6/h6,10H,1-5H2,(H3,8,9). The topological polar surface area (TPSA) is 130 Å². The van der Waals surface area contributed by atoms with Crippen LogP contribution in [0.3, 0.4) is 0 Å². The fraction of sp³-hybridized carbons (Fsp3) is 0.857. The van der Waals surface area contributed by atoms with Crippen LogP contribution in [-0.2, 0) is 19.9 Å². The molecule has 0 saturated carbocycles. The Morgan fingerprint density at radius 3 is 2.31 bits per heavy atom. The molecule has 1 aliphatic rings. The predicted molar refractivity (Wildman–Crippen MR) is 60.5 cm³/mol. The molecule has 0 aliphatic carbocycles. The van der Waals surface area contributed by atoms with Crippen molar-refractivity contribution in [2.24, 2.45) is 5.73 Å². The third kappa shape index (κ3) is 3.72.